The van der Waals surface area contributed by atoms with E-state index in [-0.39, 0.29) is 17.9 Å². The summed E-state index contributed by atoms with van der Waals surface area (Å²) in [4.78, 5) is 45.5. The molecule has 2 amide bonds. The molecule has 234 valence electrons. The van der Waals surface area contributed by atoms with Crippen LogP contribution in [0.5, 0.6) is 0 Å². The number of rotatable bonds is 7. The average Bonchev–Trinajstić information content (AvgIpc) is 3.80. The van der Waals surface area contributed by atoms with Crippen LogP contribution in [0.2, 0.25) is 0 Å². The van der Waals surface area contributed by atoms with E-state index >= 15 is 0 Å². The molecule has 1 atom stereocenters. The lowest BCUT2D eigenvalue weighted by Gasteiger charge is -2.20. The van der Waals surface area contributed by atoms with E-state index in [0.717, 1.165) is 50.4 Å². The van der Waals surface area contributed by atoms with E-state index in [1.54, 1.807) is 22.7 Å². The Balaban J connectivity index is 1.09. The number of aliphatic hydroxyl groups is 1. The highest BCUT2D eigenvalue weighted by Gasteiger charge is 2.31. The first-order valence-electron chi connectivity index (χ1n) is 15.4. The summed E-state index contributed by atoms with van der Waals surface area (Å²) in [5.41, 5.74) is 8.98. The second-order valence-electron chi connectivity index (χ2n) is 12.6. The Hall–Kier alpha value is -3.48. The van der Waals surface area contributed by atoms with Crippen molar-refractivity contribution in [2.24, 2.45) is 0 Å². The van der Waals surface area contributed by atoms with E-state index in [1.807, 2.05) is 33.7 Å². The molecule has 2 aromatic heterocycles. The molecule has 45 heavy (non-hydrogen) atoms. The fraction of sp³-hybridized carbons (Fsp3) is 0.412. The van der Waals surface area contributed by atoms with Gasteiger partial charge in [0, 0.05) is 34.0 Å². The third kappa shape index (κ3) is 5.83. The maximum atomic E-state index is 12.9. The van der Waals surface area contributed by atoms with Gasteiger partial charge < -0.3 is 19.8 Å². The number of nitrogens with zero attached hydrogens (tertiary/aromatic N) is 6. The highest BCUT2D eigenvalue weighted by Crippen LogP contribution is 2.41. The quantitative estimate of drug-likeness (QED) is 0.317. The zero-order valence-corrected chi connectivity index (χ0v) is 27.8. The van der Waals surface area contributed by atoms with Gasteiger partial charge in [0.2, 0.25) is 11.8 Å². The van der Waals surface area contributed by atoms with Crippen LogP contribution in [0, 0.1) is 13.8 Å². The molecule has 4 aromatic rings. The third-order valence-corrected chi connectivity index (χ3v) is 11.3. The molecule has 0 unspecified atom stereocenters. The molecule has 3 aliphatic rings. The number of amides is 2. The van der Waals surface area contributed by atoms with E-state index in [2.05, 4.69) is 50.2 Å². The van der Waals surface area contributed by atoms with Crippen molar-refractivity contribution >= 4 is 34.5 Å². The van der Waals surface area contributed by atoms with Gasteiger partial charge >= 0.3 is 0 Å². The van der Waals surface area contributed by atoms with Gasteiger partial charge in [-0.05, 0) is 56.6 Å². The number of likely N-dealkylation sites (tertiary alicyclic amines) is 1. The van der Waals surface area contributed by atoms with Crippen molar-refractivity contribution in [3.05, 3.63) is 68.7 Å². The van der Waals surface area contributed by atoms with E-state index in [9.17, 15) is 14.7 Å². The van der Waals surface area contributed by atoms with Crippen LogP contribution in [0.4, 0.5) is 0 Å². The average molecular weight is 643 g/mol. The Morgan fingerprint density at radius 1 is 0.822 bits per heavy atom. The van der Waals surface area contributed by atoms with Gasteiger partial charge in [-0.1, -0.05) is 36.4 Å². The van der Waals surface area contributed by atoms with Gasteiger partial charge in [-0.3, -0.25) is 14.5 Å². The van der Waals surface area contributed by atoms with Crippen LogP contribution in [0.1, 0.15) is 38.7 Å². The summed E-state index contributed by atoms with van der Waals surface area (Å²) in [6.07, 6.45) is 0.415. The number of aromatic nitrogens is 2. The standard InChI is InChI=1S/C34H38N6O3S2/c1-20-23(7-5-9-25(20)33-35-27-14-39(16-29(27)44-33)31(42)18-37(3)4)24-8-6-10-26(21(24)2)34-36-28-15-40(17-30(28)45-34)32(43)19-38-12-11-22(41)13-38/h5-10,22,41H,11-19H2,1-4H3/t22-/m1/s1. The van der Waals surface area contributed by atoms with Gasteiger partial charge in [0.25, 0.3) is 0 Å². The third-order valence-electron chi connectivity index (χ3n) is 9.09. The largest absolute Gasteiger partial charge is 0.392 e. The van der Waals surface area contributed by atoms with Gasteiger partial charge in [0.05, 0.1) is 56.8 Å². The zero-order valence-electron chi connectivity index (χ0n) is 26.2. The molecule has 0 radical (unpaired) electrons. The minimum absolute atomic E-state index is 0.102. The van der Waals surface area contributed by atoms with Gasteiger partial charge in [-0.2, -0.15) is 0 Å². The minimum atomic E-state index is -0.321. The summed E-state index contributed by atoms with van der Waals surface area (Å²) < 4.78 is 0. The number of thiazole rings is 2. The molecule has 1 N–H and O–H groups in total. The lowest BCUT2D eigenvalue weighted by Crippen LogP contribution is -2.37. The highest BCUT2D eigenvalue weighted by atomic mass is 32.1. The zero-order chi connectivity index (χ0) is 31.4. The minimum Gasteiger partial charge on any atom is -0.392 e. The van der Waals surface area contributed by atoms with E-state index in [1.165, 1.54) is 27.1 Å². The summed E-state index contributed by atoms with van der Waals surface area (Å²) in [6.45, 7) is 8.80. The van der Waals surface area contributed by atoms with Crippen molar-refractivity contribution in [3.8, 4) is 32.3 Å². The lowest BCUT2D eigenvalue weighted by molar-refractivity contribution is -0.133. The lowest BCUT2D eigenvalue weighted by atomic mass is 9.91. The van der Waals surface area contributed by atoms with Gasteiger partial charge in [-0.15, -0.1) is 22.7 Å². The highest BCUT2D eigenvalue weighted by molar-refractivity contribution is 7.15. The van der Waals surface area contributed by atoms with Crippen LogP contribution in [-0.4, -0.2) is 92.9 Å². The smallest absolute Gasteiger partial charge is 0.237 e. The monoisotopic (exact) mass is 642 g/mol. The van der Waals surface area contributed by atoms with E-state index < -0.39 is 0 Å². The Labute approximate surface area is 271 Å². The molecular formula is C34H38N6O3S2. The fourth-order valence-electron chi connectivity index (χ4n) is 6.60. The van der Waals surface area contributed by atoms with E-state index in [4.69, 9.17) is 9.97 Å². The first kappa shape index (κ1) is 30.2. The Bertz CT molecular complexity index is 1750. The summed E-state index contributed by atoms with van der Waals surface area (Å²) in [5, 5.41) is 11.8. The van der Waals surface area contributed by atoms with Crippen LogP contribution in [-0.2, 0) is 35.8 Å². The molecule has 11 heteroatoms. The number of fused-ring (bicyclic) bond motifs is 2. The molecule has 3 aliphatic heterocycles. The molecule has 5 heterocycles. The molecule has 0 saturated carbocycles. The molecule has 2 aromatic carbocycles. The molecule has 0 bridgehead atoms. The Morgan fingerprint density at radius 2 is 1.33 bits per heavy atom. The van der Waals surface area contributed by atoms with Crippen LogP contribution in [0.3, 0.4) is 0 Å². The van der Waals surface area contributed by atoms with Gasteiger partial charge in [0.1, 0.15) is 10.0 Å². The molecule has 1 fully saturated rings. The van der Waals surface area contributed by atoms with Gasteiger partial charge in [-0.25, -0.2) is 9.97 Å². The number of carbonyl (C=O) groups is 2. The second-order valence-corrected chi connectivity index (χ2v) is 14.8. The van der Waals surface area contributed by atoms with Gasteiger partial charge in [0.15, 0.2) is 0 Å². The number of likely N-dealkylation sites (N-methyl/N-ethyl adjacent to an activating group) is 1. The predicted molar refractivity (Wildman–Crippen MR) is 178 cm³/mol. The first-order valence-corrected chi connectivity index (χ1v) is 17.1. The molecular weight excluding hydrogens is 605 g/mol. The van der Waals surface area contributed by atoms with Crippen LogP contribution < -0.4 is 0 Å². The SMILES string of the molecule is Cc1c(-c2nc3c(s2)CN(C(=O)CN(C)C)C3)cccc1-c1cccc(-c2nc3c(s2)CN(C(=O)CN2CC[C@@H](O)C2)C3)c1C. The first-order chi connectivity index (χ1) is 21.6. The second kappa shape index (κ2) is 12.0. The number of carbonyl (C=O) groups excluding carboxylic acids is 2. The Morgan fingerprint density at radius 3 is 1.80 bits per heavy atom. The van der Waals surface area contributed by atoms with Crippen molar-refractivity contribution < 1.29 is 14.7 Å². The number of aliphatic hydroxyl groups excluding tert-OH is 1. The van der Waals surface area contributed by atoms with Crippen molar-refractivity contribution in [3.63, 3.8) is 0 Å². The van der Waals surface area contributed by atoms with E-state index in [0.29, 0.717) is 45.8 Å². The molecule has 1 saturated heterocycles. The maximum Gasteiger partial charge on any atom is 0.237 e. The van der Waals surface area contributed by atoms with Crippen LogP contribution in [0.25, 0.3) is 32.3 Å². The van der Waals surface area contributed by atoms with Crippen molar-refractivity contribution in [2.45, 2.75) is 52.6 Å². The Kier molecular flexibility index (Phi) is 8.07. The van der Waals surface area contributed by atoms with Crippen molar-refractivity contribution in [2.75, 3.05) is 40.3 Å². The number of hydrogen-bond acceptors (Lipinski definition) is 9. The van der Waals surface area contributed by atoms with Crippen molar-refractivity contribution in [1.29, 1.82) is 0 Å². The van der Waals surface area contributed by atoms with Crippen molar-refractivity contribution in [1.82, 2.24) is 29.6 Å². The fourth-order valence-corrected chi connectivity index (χ4v) is 8.94. The number of hydrogen-bond donors (Lipinski definition) is 1. The molecule has 0 aliphatic carbocycles. The molecule has 7 rings (SSSR count). The summed E-state index contributed by atoms with van der Waals surface area (Å²) in [6, 6.07) is 12.9. The van der Waals surface area contributed by atoms with Crippen LogP contribution in [0.15, 0.2) is 36.4 Å². The number of benzene rings is 2. The molecule has 9 nitrogen and oxygen atoms in total. The normalized spacial score (nSPS) is 17.9. The topological polar surface area (TPSA) is 93.1 Å². The maximum absolute atomic E-state index is 12.9. The predicted octanol–water partition coefficient (Wildman–Crippen LogP) is 4.53. The summed E-state index contributed by atoms with van der Waals surface area (Å²) in [7, 11) is 3.83. The summed E-state index contributed by atoms with van der Waals surface area (Å²) >= 11 is 3.38. The summed E-state index contributed by atoms with van der Waals surface area (Å²) in [5.74, 6) is 0.237. The van der Waals surface area contributed by atoms with Crippen LogP contribution >= 0.6 is 22.7 Å². The molecule has 0 spiro atoms. The number of β-amino-alcohol motifs (C(OH)–C–C–N with tert-alkyl or cyclic N) is 1.